The monoisotopic (exact) mass is 280 g/mol. The fourth-order valence-electron chi connectivity index (χ4n) is 2.53. The van der Waals surface area contributed by atoms with Crippen LogP contribution in [0.1, 0.15) is 60.4 Å². The molecule has 0 spiro atoms. The van der Waals surface area contributed by atoms with Gasteiger partial charge in [-0.15, -0.1) is 11.8 Å². The summed E-state index contributed by atoms with van der Waals surface area (Å²) in [6.07, 6.45) is 7.39. The second-order valence-corrected chi connectivity index (χ2v) is 6.36. The summed E-state index contributed by atoms with van der Waals surface area (Å²) in [5.41, 5.74) is 0.843. The van der Waals surface area contributed by atoms with Crippen molar-refractivity contribution in [3.63, 3.8) is 0 Å². The molecule has 1 N–H and O–H groups in total. The maximum absolute atomic E-state index is 11.4. The third-order valence-corrected chi connectivity index (χ3v) is 4.79. The molecular weight excluding hydrogens is 260 g/mol. The van der Waals surface area contributed by atoms with Crippen LogP contribution in [0.4, 0.5) is 0 Å². The van der Waals surface area contributed by atoms with E-state index >= 15 is 0 Å². The molecule has 0 aliphatic heterocycles. The molecule has 1 heterocycles. The molecule has 1 saturated carbocycles. The Morgan fingerprint density at radius 2 is 1.79 bits per heavy atom. The van der Waals surface area contributed by atoms with Crippen LogP contribution in [0.5, 0.6) is 0 Å². The summed E-state index contributed by atoms with van der Waals surface area (Å²) in [4.78, 5) is 19.9. The zero-order valence-corrected chi connectivity index (χ0v) is 12.3. The first-order valence-corrected chi connectivity index (χ1v) is 7.71. The number of carboxylic acids is 1. The minimum Gasteiger partial charge on any atom is -0.478 e. The molecule has 0 bridgehead atoms. The predicted molar refractivity (Wildman–Crippen MR) is 75.8 cm³/mol. The van der Waals surface area contributed by atoms with Gasteiger partial charge in [0.1, 0.15) is 16.4 Å². The van der Waals surface area contributed by atoms with E-state index in [1.807, 2.05) is 6.92 Å². The third kappa shape index (κ3) is 3.69. The Kier molecular flexibility index (Phi) is 4.80. The lowest BCUT2D eigenvalue weighted by Crippen LogP contribution is -2.10. The zero-order chi connectivity index (χ0) is 13.8. The number of aromatic carboxylic acids is 1. The van der Waals surface area contributed by atoms with E-state index in [-0.39, 0.29) is 5.56 Å². The summed E-state index contributed by atoms with van der Waals surface area (Å²) >= 11 is 1.63. The summed E-state index contributed by atoms with van der Waals surface area (Å²) in [7, 11) is 0. The Bertz CT molecular complexity index is 469. The number of hydrogen-bond acceptors (Lipinski definition) is 4. The maximum atomic E-state index is 11.4. The van der Waals surface area contributed by atoms with E-state index in [4.69, 9.17) is 0 Å². The molecule has 0 saturated heterocycles. The lowest BCUT2D eigenvalue weighted by molar-refractivity contribution is 0.0690. The molecule has 0 aromatic carbocycles. The van der Waals surface area contributed by atoms with E-state index in [0.717, 1.165) is 12.8 Å². The van der Waals surface area contributed by atoms with Gasteiger partial charge in [-0.1, -0.05) is 25.7 Å². The Morgan fingerprint density at radius 1 is 1.16 bits per heavy atom. The highest BCUT2D eigenvalue weighted by molar-refractivity contribution is 7.99. The average Bonchev–Trinajstić information content (AvgIpc) is 2.56. The van der Waals surface area contributed by atoms with Gasteiger partial charge in [0.05, 0.1) is 5.69 Å². The number of aromatic nitrogens is 2. The van der Waals surface area contributed by atoms with E-state index in [2.05, 4.69) is 9.97 Å². The van der Waals surface area contributed by atoms with E-state index in [1.54, 1.807) is 18.7 Å². The van der Waals surface area contributed by atoms with Gasteiger partial charge in [-0.05, 0) is 26.7 Å². The van der Waals surface area contributed by atoms with Crippen LogP contribution in [-0.2, 0) is 0 Å². The van der Waals surface area contributed by atoms with Crippen molar-refractivity contribution in [2.24, 2.45) is 0 Å². The third-order valence-electron chi connectivity index (χ3n) is 3.46. The molecule has 0 unspecified atom stereocenters. The minimum atomic E-state index is -0.923. The standard InChI is InChI=1S/C14H20N2O2S/c1-9-12(14(17)18)13(16-10(2)15-9)19-11-7-5-3-4-6-8-11/h11H,3-8H2,1-2H3,(H,17,18). The molecule has 1 fully saturated rings. The first kappa shape index (κ1) is 14.3. The van der Waals surface area contributed by atoms with Gasteiger partial charge in [0, 0.05) is 5.25 Å². The van der Waals surface area contributed by atoms with Crippen molar-refractivity contribution < 1.29 is 9.90 Å². The Hall–Kier alpha value is -1.10. The van der Waals surface area contributed by atoms with Crippen LogP contribution in [0, 0.1) is 13.8 Å². The molecule has 104 valence electrons. The first-order valence-electron chi connectivity index (χ1n) is 6.83. The van der Waals surface area contributed by atoms with Crippen LogP contribution in [-0.4, -0.2) is 26.3 Å². The Labute approximate surface area is 118 Å². The summed E-state index contributed by atoms with van der Waals surface area (Å²) < 4.78 is 0. The van der Waals surface area contributed by atoms with Crippen LogP contribution in [0.15, 0.2) is 5.03 Å². The van der Waals surface area contributed by atoms with Gasteiger partial charge in [-0.25, -0.2) is 14.8 Å². The van der Waals surface area contributed by atoms with Crippen molar-refractivity contribution in [1.82, 2.24) is 9.97 Å². The van der Waals surface area contributed by atoms with Gasteiger partial charge in [0.2, 0.25) is 0 Å². The molecule has 5 heteroatoms. The van der Waals surface area contributed by atoms with Gasteiger partial charge in [-0.2, -0.15) is 0 Å². The van der Waals surface area contributed by atoms with Crippen molar-refractivity contribution in [1.29, 1.82) is 0 Å². The SMILES string of the molecule is Cc1nc(C)c(C(=O)O)c(SC2CCCCCC2)n1. The lowest BCUT2D eigenvalue weighted by Gasteiger charge is -2.15. The summed E-state index contributed by atoms with van der Waals surface area (Å²) in [5.74, 6) is -0.271. The smallest absolute Gasteiger partial charge is 0.340 e. The highest BCUT2D eigenvalue weighted by atomic mass is 32.2. The van der Waals surface area contributed by atoms with Crippen LogP contribution in [0.2, 0.25) is 0 Å². The van der Waals surface area contributed by atoms with Gasteiger partial charge in [0.15, 0.2) is 0 Å². The lowest BCUT2D eigenvalue weighted by atomic mass is 10.2. The Morgan fingerprint density at radius 3 is 2.37 bits per heavy atom. The number of thioether (sulfide) groups is 1. The van der Waals surface area contributed by atoms with Crippen LogP contribution >= 0.6 is 11.8 Å². The summed E-state index contributed by atoms with van der Waals surface area (Å²) in [6, 6.07) is 0. The van der Waals surface area contributed by atoms with Gasteiger partial charge < -0.3 is 5.11 Å². The fourth-order valence-corrected chi connectivity index (χ4v) is 3.95. The van der Waals surface area contributed by atoms with Crippen LogP contribution in [0.3, 0.4) is 0 Å². The minimum absolute atomic E-state index is 0.278. The van der Waals surface area contributed by atoms with Crippen LogP contribution in [0.25, 0.3) is 0 Å². The second kappa shape index (κ2) is 6.37. The number of hydrogen-bond donors (Lipinski definition) is 1. The van der Waals surface area contributed by atoms with Crippen LogP contribution < -0.4 is 0 Å². The van der Waals surface area contributed by atoms with Crippen molar-refractivity contribution in [3.8, 4) is 0 Å². The molecule has 1 aromatic heterocycles. The van der Waals surface area contributed by atoms with Gasteiger partial charge >= 0.3 is 5.97 Å². The van der Waals surface area contributed by atoms with Crippen molar-refractivity contribution >= 4 is 17.7 Å². The van der Waals surface area contributed by atoms with Gasteiger partial charge in [0.25, 0.3) is 0 Å². The number of aryl methyl sites for hydroxylation is 2. The second-order valence-electron chi connectivity index (χ2n) is 5.07. The molecule has 0 amide bonds. The first-order chi connectivity index (χ1) is 9.08. The number of carboxylic acid groups (broad SMARTS) is 1. The van der Waals surface area contributed by atoms with Crippen molar-refractivity contribution in [2.45, 2.75) is 62.6 Å². The van der Waals surface area contributed by atoms with E-state index in [0.29, 0.717) is 21.8 Å². The molecule has 1 aliphatic carbocycles. The molecule has 1 aliphatic rings. The van der Waals surface area contributed by atoms with E-state index < -0.39 is 5.97 Å². The van der Waals surface area contributed by atoms with Crippen molar-refractivity contribution in [2.75, 3.05) is 0 Å². The van der Waals surface area contributed by atoms with E-state index in [1.165, 1.54) is 25.7 Å². The largest absolute Gasteiger partial charge is 0.478 e. The predicted octanol–water partition coefficient (Wildman–Crippen LogP) is 3.61. The normalized spacial score (nSPS) is 17.2. The Balaban J connectivity index is 2.24. The fraction of sp³-hybridized carbons (Fsp3) is 0.643. The molecule has 1 aromatic rings. The van der Waals surface area contributed by atoms with Gasteiger partial charge in [-0.3, -0.25) is 0 Å². The summed E-state index contributed by atoms with van der Waals surface area (Å²) in [6.45, 7) is 3.56. The average molecular weight is 280 g/mol. The van der Waals surface area contributed by atoms with E-state index in [9.17, 15) is 9.90 Å². The molecule has 0 radical (unpaired) electrons. The zero-order valence-electron chi connectivity index (χ0n) is 11.5. The summed E-state index contributed by atoms with van der Waals surface area (Å²) in [5, 5.41) is 10.5. The topological polar surface area (TPSA) is 63.1 Å². The highest BCUT2D eigenvalue weighted by Crippen LogP contribution is 2.34. The number of carbonyl (C=O) groups is 1. The number of rotatable bonds is 3. The molecule has 2 rings (SSSR count). The molecule has 4 nitrogen and oxygen atoms in total. The number of nitrogens with zero attached hydrogens (tertiary/aromatic N) is 2. The molecule has 0 atom stereocenters. The highest BCUT2D eigenvalue weighted by Gasteiger charge is 2.21. The maximum Gasteiger partial charge on any atom is 0.340 e. The van der Waals surface area contributed by atoms with Crippen molar-refractivity contribution in [3.05, 3.63) is 17.1 Å². The molecular formula is C14H20N2O2S. The molecule has 19 heavy (non-hydrogen) atoms. The quantitative estimate of drug-likeness (QED) is 0.677.